The van der Waals surface area contributed by atoms with E-state index in [1.807, 2.05) is 48.5 Å². The van der Waals surface area contributed by atoms with Crippen LogP contribution in [0.25, 0.3) is 22.3 Å². The highest BCUT2D eigenvalue weighted by Gasteiger charge is 2.09. The van der Waals surface area contributed by atoms with E-state index < -0.39 is 0 Å². The van der Waals surface area contributed by atoms with E-state index in [1.165, 1.54) is 6.92 Å². The van der Waals surface area contributed by atoms with Crippen molar-refractivity contribution in [2.75, 3.05) is 25.5 Å². The van der Waals surface area contributed by atoms with Crippen molar-refractivity contribution < 1.29 is 9.53 Å². The molecule has 0 unspecified atom stereocenters. The van der Waals surface area contributed by atoms with Gasteiger partial charge in [-0.2, -0.15) is 0 Å². The van der Waals surface area contributed by atoms with Crippen LogP contribution in [0.15, 0.2) is 48.5 Å². The number of hydrogen-bond acceptors (Lipinski definition) is 5. The van der Waals surface area contributed by atoms with Crippen LogP contribution in [0.3, 0.4) is 0 Å². The third-order valence-corrected chi connectivity index (χ3v) is 3.72. The molecule has 0 aliphatic heterocycles. The number of anilines is 1. The number of fused-ring (bicyclic) bond motifs is 1. The molecule has 128 valence electrons. The lowest BCUT2D eigenvalue weighted by molar-refractivity contribution is -0.118. The zero-order valence-corrected chi connectivity index (χ0v) is 14.2. The van der Waals surface area contributed by atoms with Crippen molar-refractivity contribution in [2.45, 2.75) is 6.92 Å². The number of hydrogen-bond donors (Lipinski definition) is 2. The Kier molecular flexibility index (Phi) is 5.09. The maximum absolute atomic E-state index is 11.0. The average Bonchev–Trinajstić information content (AvgIpc) is 2.64. The highest BCUT2D eigenvalue weighted by Crippen LogP contribution is 2.26. The predicted octanol–water partition coefficient (Wildman–Crippen LogP) is 2.85. The summed E-state index contributed by atoms with van der Waals surface area (Å²) in [5.41, 5.74) is 1.74. The molecule has 6 nitrogen and oxygen atoms in total. The van der Waals surface area contributed by atoms with Gasteiger partial charge in [-0.1, -0.05) is 24.3 Å². The summed E-state index contributed by atoms with van der Waals surface area (Å²) in [5.74, 6) is 2.08. The normalized spacial score (nSPS) is 10.5. The number of benzene rings is 2. The second-order valence-electron chi connectivity index (χ2n) is 5.55. The fourth-order valence-corrected chi connectivity index (χ4v) is 2.52. The molecule has 0 spiro atoms. The number of carbonyl (C=O) groups is 1. The summed E-state index contributed by atoms with van der Waals surface area (Å²) < 4.78 is 5.28. The van der Waals surface area contributed by atoms with Crippen LogP contribution < -0.4 is 15.4 Å². The number of nitrogens with zero attached hydrogens (tertiary/aromatic N) is 2. The lowest BCUT2D eigenvalue weighted by atomic mass is 10.1. The maximum Gasteiger partial charge on any atom is 0.216 e. The van der Waals surface area contributed by atoms with Crippen LogP contribution in [-0.4, -0.2) is 36.1 Å². The Balaban J connectivity index is 1.95. The maximum atomic E-state index is 11.0. The Labute approximate surface area is 146 Å². The fraction of sp³-hybridized carbons (Fsp3) is 0.211. The van der Waals surface area contributed by atoms with Gasteiger partial charge in [-0.15, -0.1) is 0 Å². The van der Waals surface area contributed by atoms with Gasteiger partial charge in [0.05, 0.1) is 12.6 Å². The summed E-state index contributed by atoms with van der Waals surface area (Å²) in [6, 6.07) is 15.5. The number of nitrogens with one attached hydrogen (secondary N) is 2. The van der Waals surface area contributed by atoms with Gasteiger partial charge in [0.25, 0.3) is 0 Å². The number of para-hydroxylation sites is 1. The molecule has 1 aromatic heterocycles. The molecule has 0 radical (unpaired) electrons. The van der Waals surface area contributed by atoms with Gasteiger partial charge in [0.15, 0.2) is 5.82 Å². The first kappa shape index (κ1) is 16.7. The molecular formula is C19H20N4O2. The third kappa shape index (κ3) is 4.03. The minimum absolute atomic E-state index is 0.0496. The summed E-state index contributed by atoms with van der Waals surface area (Å²) in [6.07, 6.45) is 0. The standard InChI is InChI=1S/C19H20N4O2/c1-13(24)20-10-11-21-19-16-8-3-4-9-17(16)22-18(23-19)14-6-5-7-15(12-14)25-2/h3-9,12H,10-11H2,1-2H3,(H,20,24)(H,21,22,23). The zero-order chi connectivity index (χ0) is 17.6. The monoisotopic (exact) mass is 336 g/mol. The van der Waals surface area contributed by atoms with E-state index in [9.17, 15) is 4.79 Å². The van der Waals surface area contributed by atoms with Crippen LogP contribution in [0.2, 0.25) is 0 Å². The van der Waals surface area contributed by atoms with Crippen molar-refractivity contribution in [1.29, 1.82) is 0 Å². The van der Waals surface area contributed by atoms with E-state index in [1.54, 1.807) is 7.11 Å². The average molecular weight is 336 g/mol. The molecule has 1 amide bonds. The minimum atomic E-state index is -0.0496. The van der Waals surface area contributed by atoms with E-state index in [0.29, 0.717) is 18.9 Å². The number of amides is 1. The first-order chi connectivity index (χ1) is 12.2. The van der Waals surface area contributed by atoms with Crippen LogP contribution >= 0.6 is 0 Å². The van der Waals surface area contributed by atoms with Crippen LogP contribution in [0, 0.1) is 0 Å². The highest BCUT2D eigenvalue weighted by molar-refractivity contribution is 5.90. The lowest BCUT2D eigenvalue weighted by Gasteiger charge is -2.11. The van der Waals surface area contributed by atoms with Crippen molar-refractivity contribution >= 4 is 22.6 Å². The number of ether oxygens (including phenoxy) is 1. The van der Waals surface area contributed by atoms with Crippen molar-refractivity contribution in [3.8, 4) is 17.1 Å². The van der Waals surface area contributed by atoms with Gasteiger partial charge in [0, 0.05) is 31.0 Å². The number of methoxy groups -OCH3 is 1. The molecule has 0 fully saturated rings. The largest absolute Gasteiger partial charge is 0.497 e. The Bertz CT molecular complexity index is 895. The van der Waals surface area contributed by atoms with Crippen molar-refractivity contribution in [2.24, 2.45) is 0 Å². The Morgan fingerprint density at radius 2 is 1.92 bits per heavy atom. The molecule has 3 rings (SSSR count). The topological polar surface area (TPSA) is 76.1 Å². The van der Waals surface area contributed by atoms with Crippen molar-refractivity contribution in [1.82, 2.24) is 15.3 Å². The molecule has 6 heteroatoms. The van der Waals surface area contributed by atoms with Crippen LogP contribution in [-0.2, 0) is 4.79 Å². The molecule has 2 N–H and O–H groups in total. The van der Waals surface area contributed by atoms with Gasteiger partial charge < -0.3 is 15.4 Å². The smallest absolute Gasteiger partial charge is 0.216 e. The Morgan fingerprint density at radius 1 is 1.08 bits per heavy atom. The molecular weight excluding hydrogens is 316 g/mol. The van der Waals surface area contributed by atoms with Gasteiger partial charge in [0.1, 0.15) is 11.6 Å². The zero-order valence-electron chi connectivity index (χ0n) is 14.2. The van der Waals surface area contributed by atoms with Gasteiger partial charge in [-0.05, 0) is 24.3 Å². The minimum Gasteiger partial charge on any atom is -0.497 e. The number of aromatic nitrogens is 2. The number of rotatable bonds is 6. The molecule has 0 bridgehead atoms. The van der Waals surface area contributed by atoms with Crippen LogP contribution in [0.4, 0.5) is 5.82 Å². The van der Waals surface area contributed by atoms with E-state index in [0.717, 1.165) is 28.0 Å². The lowest BCUT2D eigenvalue weighted by Crippen LogP contribution is -2.26. The first-order valence-corrected chi connectivity index (χ1v) is 8.07. The summed E-state index contributed by atoms with van der Waals surface area (Å²) >= 11 is 0. The number of carbonyl (C=O) groups excluding carboxylic acids is 1. The van der Waals surface area contributed by atoms with Gasteiger partial charge in [-0.25, -0.2) is 9.97 Å². The summed E-state index contributed by atoms with van der Waals surface area (Å²) in [4.78, 5) is 20.3. The molecule has 2 aromatic carbocycles. The molecule has 0 aliphatic rings. The molecule has 3 aromatic rings. The van der Waals surface area contributed by atoms with E-state index in [-0.39, 0.29) is 5.91 Å². The molecule has 0 atom stereocenters. The predicted molar refractivity (Wildman–Crippen MR) is 98.7 cm³/mol. The SMILES string of the molecule is COc1cccc(-c2nc(NCCNC(C)=O)c3ccccc3n2)c1. The van der Waals surface area contributed by atoms with E-state index >= 15 is 0 Å². The van der Waals surface area contributed by atoms with Gasteiger partial charge in [-0.3, -0.25) is 4.79 Å². The molecule has 0 saturated carbocycles. The quantitative estimate of drug-likeness (QED) is 0.677. The summed E-state index contributed by atoms with van der Waals surface area (Å²) in [6.45, 7) is 2.61. The Hall–Kier alpha value is -3.15. The van der Waals surface area contributed by atoms with Crippen LogP contribution in [0.1, 0.15) is 6.92 Å². The molecule has 0 saturated heterocycles. The van der Waals surface area contributed by atoms with E-state index in [2.05, 4.69) is 20.6 Å². The molecule has 1 heterocycles. The highest BCUT2D eigenvalue weighted by atomic mass is 16.5. The molecule has 0 aliphatic carbocycles. The van der Waals surface area contributed by atoms with E-state index in [4.69, 9.17) is 4.74 Å². The van der Waals surface area contributed by atoms with Gasteiger partial charge in [0.2, 0.25) is 5.91 Å². The Morgan fingerprint density at radius 3 is 2.72 bits per heavy atom. The third-order valence-electron chi connectivity index (χ3n) is 3.72. The van der Waals surface area contributed by atoms with Crippen LogP contribution in [0.5, 0.6) is 5.75 Å². The fourth-order valence-electron chi connectivity index (χ4n) is 2.52. The van der Waals surface area contributed by atoms with Crippen molar-refractivity contribution in [3.63, 3.8) is 0 Å². The first-order valence-electron chi connectivity index (χ1n) is 8.07. The second kappa shape index (κ2) is 7.61. The second-order valence-corrected chi connectivity index (χ2v) is 5.55. The van der Waals surface area contributed by atoms with Crippen molar-refractivity contribution in [3.05, 3.63) is 48.5 Å². The van der Waals surface area contributed by atoms with Gasteiger partial charge >= 0.3 is 0 Å². The summed E-state index contributed by atoms with van der Waals surface area (Å²) in [5, 5.41) is 6.99. The molecule has 25 heavy (non-hydrogen) atoms. The summed E-state index contributed by atoms with van der Waals surface area (Å²) in [7, 11) is 1.63.